The number of carbonyl (C=O) groups is 2. The van der Waals surface area contributed by atoms with Crippen LogP contribution in [-0.2, 0) is 6.18 Å². The van der Waals surface area contributed by atoms with E-state index < -0.39 is 40.9 Å². The molecule has 0 bridgehead atoms. The predicted octanol–water partition coefficient (Wildman–Crippen LogP) is 5.58. The molecule has 4 rings (SSSR count). The minimum absolute atomic E-state index is 0.0754. The molecule has 9 heteroatoms. The average molecular weight is 419 g/mol. The van der Waals surface area contributed by atoms with Crippen molar-refractivity contribution in [3.05, 3.63) is 89.0 Å². The average Bonchev–Trinajstić information content (AvgIpc) is 2.95. The van der Waals surface area contributed by atoms with Crippen molar-refractivity contribution in [1.29, 1.82) is 0 Å². The van der Waals surface area contributed by atoms with E-state index in [9.17, 15) is 31.5 Å². The zero-order chi connectivity index (χ0) is 21.6. The summed E-state index contributed by atoms with van der Waals surface area (Å²) >= 11 is 0. The third-order valence-electron chi connectivity index (χ3n) is 4.42. The van der Waals surface area contributed by atoms with Gasteiger partial charge in [0, 0.05) is 6.07 Å². The smallest absolute Gasteiger partial charge is 0.416 e. The highest BCUT2D eigenvalue weighted by molar-refractivity contribution is 6.34. The van der Waals surface area contributed by atoms with Crippen LogP contribution in [-0.4, -0.2) is 11.8 Å². The van der Waals surface area contributed by atoms with E-state index in [0.717, 1.165) is 4.90 Å². The Morgan fingerprint density at radius 3 is 1.87 bits per heavy atom. The Labute approximate surface area is 166 Å². The molecule has 0 N–H and O–H groups in total. The predicted molar refractivity (Wildman–Crippen MR) is 95.5 cm³/mol. The molecule has 0 aliphatic carbocycles. The van der Waals surface area contributed by atoms with Crippen LogP contribution in [0.15, 0.2) is 60.7 Å². The molecule has 1 heterocycles. The summed E-state index contributed by atoms with van der Waals surface area (Å²) in [4.78, 5) is 26.0. The highest BCUT2D eigenvalue weighted by Crippen LogP contribution is 2.37. The lowest BCUT2D eigenvalue weighted by molar-refractivity contribution is -0.138. The van der Waals surface area contributed by atoms with E-state index in [4.69, 9.17) is 4.74 Å². The van der Waals surface area contributed by atoms with E-state index in [2.05, 4.69) is 0 Å². The Balaban J connectivity index is 1.66. The van der Waals surface area contributed by atoms with Crippen LogP contribution >= 0.6 is 0 Å². The number of imide groups is 1. The van der Waals surface area contributed by atoms with Gasteiger partial charge in [-0.05, 0) is 36.4 Å². The summed E-state index contributed by atoms with van der Waals surface area (Å²) in [5.41, 5.74) is -1.02. The second-order valence-corrected chi connectivity index (χ2v) is 6.36. The molecule has 0 radical (unpaired) electrons. The lowest BCUT2D eigenvalue weighted by atomic mass is 10.1. The van der Waals surface area contributed by atoms with Crippen molar-refractivity contribution < 1.29 is 36.3 Å². The first-order chi connectivity index (χ1) is 14.2. The maximum Gasteiger partial charge on any atom is 0.416 e. The molecular formula is C21H10F5NO3. The summed E-state index contributed by atoms with van der Waals surface area (Å²) in [6, 6.07) is 11.6. The van der Waals surface area contributed by atoms with Gasteiger partial charge in [0.15, 0.2) is 17.4 Å². The fraction of sp³-hybridized carbons (Fsp3) is 0.0476. The zero-order valence-electron chi connectivity index (χ0n) is 14.8. The molecular weight excluding hydrogens is 409 g/mol. The topological polar surface area (TPSA) is 46.6 Å². The van der Waals surface area contributed by atoms with Crippen molar-refractivity contribution in [2.75, 3.05) is 4.90 Å². The second-order valence-electron chi connectivity index (χ2n) is 6.36. The van der Waals surface area contributed by atoms with Gasteiger partial charge in [0.1, 0.15) is 5.75 Å². The van der Waals surface area contributed by atoms with Gasteiger partial charge >= 0.3 is 6.18 Å². The van der Waals surface area contributed by atoms with Crippen LogP contribution in [0.3, 0.4) is 0 Å². The maximum absolute atomic E-state index is 14.0. The number of hydrogen-bond donors (Lipinski definition) is 0. The molecule has 30 heavy (non-hydrogen) atoms. The normalized spacial score (nSPS) is 13.6. The van der Waals surface area contributed by atoms with Crippen LogP contribution < -0.4 is 9.64 Å². The first-order valence-electron chi connectivity index (χ1n) is 8.49. The first kappa shape index (κ1) is 19.6. The molecule has 2 amide bonds. The number of carbonyl (C=O) groups excluding carboxylic acids is 2. The molecule has 1 aliphatic rings. The number of anilines is 1. The fourth-order valence-corrected chi connectivity index (χ4v) is 3.05. The van der Waals surface area contributed by atoms with Crippen molar-refractivity contribution in [2.45, 2.75) is 6.18 Å². The van der Waals surface area contributed by atoms with Gasteiger partial charge in [0.25, 0.3) is 11.8 Å². The number of fused-ring (bicyclic) bond motifs is 1. The lowest BCUT2D eigenvalue weighted by Gasteiger charge is -2.16. The van der Waals surface area contributed by atoms with Crippen LogP contribution in [0.4, 0.5) is 27.6 Å². The molecule has 4 nitrogen and oxygen atoms in total. The number of halogens is 5. The number of ether oxygens (including phenoxy) is 1. The summed E-state index contributed by atoms with van der Waals surface area (Å²) in [5, 5.41) is 0. The molecule has 3 aromatic rings. The number of amides is 2. The highest BCUT2D eigenvalue weighted by Gasteiger charge is 2.36. The molecule has 0 saturated carbocycles. The molecule has 0 spiro atoms. The van der Waals surface area contributed by atoms with Gasteiger partial charge in [-0.1, -0.05) is 18.2 Å². The molecule has 0 atom stereocenters. The van der Waals surface area contributed by atoms with Gasteiger partial charge in [-0.3, -0.25) is 9.59 Å². The molecule has 1 aliphatic heterocycles. The SMILES string of the molecule is O=C1c2ccccc2C(=O)N1c1cccc(Oc2c(F)cc(C(F)(F)F)cc2F)c1. The van der Waals surface area contributed by atoms with Gasteiger partial charge < -0.3 is 4.74 Å². The monoisotopic (exact) mass is 419 g/mol. The molecule has 0 fully saturated rings. The molecule has 0 saturated heterocycles. The first-order valence-corrected chi connectivity index (χ1v) is 8.49. The van der Waals surface area contributed by atoms with E-state index >= 15 is 0 Å². The third kappa shape index (κ3) is 3.28. The van der Waals surface area contributed by atoms with Gasteiger partial charge in [0.2, 0.25) is 0 Å². The number of benzene rings is 3. The Kier molecular flexibility index (Phi) is 4.53. The highest BCUT2D eigenvalue weighted by atomic mass is 19.4. The Hall–Kier alpha value is -3.75. The van der Waals surface area contributed by atoms with Gasteiger partial charge in [-0.15, -0.1) is 0 Å². The number of nitrogens with zero attached hydrogens (tertiary/aromatic N) is 1. The van der Waals surface area contributed by atoms with Crippen LogP contribution in [0.25, 0.3) is 0 Å². The largest absolute Gasteiger partial charge is 0.451 e. The standard InChI is InChI=1S/C21H10F5NO3/c22-16-8-11(21(24,25)26)9-17(23)18(16)30-13-5-3-4-12(10-13)27-19(28)14-6-1-2-7-15(14)20(27)29/h1-10H. The van der Waals surface area contributed by atoms with Crippen LogP contribution in [0, 0.1) is 11.6 Å². The van der Waals surface area contributed by atoms with E-state index in [1.807, 2.05) is 0 Å². The van der Waals surface area contributed by atoms with Gasteiger partial charge in [-0.25, -0.2) is 13.7 Å². The van der Waals surface area contributed by atoms with Crippen LogP contribution in [0.5, 0.6) is 11.5 Å². The van der Waals surface area contributed by atoms with E-state index in [-0.39, 0.29) is 34.7 Å². The summed E-state index contributed by atoms with van der Waals surface area (Å²) in [7, 11) is 0. The maximum atomic E-state index is 14.0. The fourth-order valence-electron chi connectivity index (χ4n) is 3.05. The number of alkyl halides is 3. The van der Waals surface area contributed by atoms with Gasteiger partial charge in [0.05, 0.1) is 22.4 Å². The second kappa shape index (κ2) is 6.94. The van der Waals surface area contributed by atoms with Crippen molar-refractivity contribution in [3.63, 3.8) is 0 Å². The summed E-state index contributed by atoms with van der Waals surface area (Å²) in [5.74, 6) is -5.48. The number of rotatable bonds is 3. The van der Waals surface area contributed by atoms with E-state index in [1.165, 1.54) is 36.4 Å². The lowest BCUT2D eigenvalue weighted by Crippen LogP contribution is -2.29. The summed E-state index contributed by atoms with van der Waals surface area (Å²) < 4.78 is 71.2. The quantitative estimate of drug-likeness (QED) is 0.412. The summed E-state index contributed by atoms with van der Waals surface area (Å²) in [6.07, 6.45) is -4.92. The Morgan fingerprint density at radius 2 is 1.33 bits per heavy atom. The minimum Gasteiger partial charge on any atom is -0.451 e. The minimum atomic E-state index is -4.92. The van der Waals surface area contributed by atoms with E-state index in [0.29, 0.717) is 0 Å². The molecule has 0 aromatic heterocycles. The Morgan fingerprint density at radius 1 is 0.767 bits per heavy atom. The molecule has 0 unspecified atom stereocenters. The van der Waals surface area contributed by atoms with Crippen molar-refractivity contribution in [1.82, 2.24) is 0 Å². The van der Waals surface area contributed by atoms with Crippen LogP contribution in [0.2, 0.25) is 0 Å². The van der Waals surface area contributed by atoms with E-state index in [1.54, 1.807) is 12.1 Å². The summed E-state index contributed by atoms with van der Waals surface area (Å²) in [6.45, 7) is 0. The number of hydrogen-bond acceptors (Lipinski definition) is 3. The van der Waals surface area contributed by atoms with Crippen molar-refractivity contribution in [3.8, 4) is 11.5 Å². The van der Waals surface area contributed by atoms with Crippen LogP contribution in [0.1, 0.15) is 26.3 Å². The molecule has 3 aromatic carbocycles. The Bertz CT molecular complexity index is 1130. The molecule has 152 valence electrons. The van der Waals surface area contributed by atoms with Crippen molar-refractivity contribution in [2.24, 2.45) is 0 Å². The zero-order valence-corrected chi connectivity index (χ0v) is 14.8. The van der Waals surface area contributed by atoms with Crippen molar-refractivity contribution >= 4 is 17.5 Å². The van der Waals surface area contributed by atoms with Gasteiger partial charge in [-0.2, -0.15) is 13.2 Å². The third-order valence-corrected chi connectivity index (χ3v) is 4.42.